The first-order valence-electron chi connectivity index (χ1n) is 9.84. The zero-order valence-corrected chi connectivity index (χ0v) is 16.1. The molecule has 4 rings (SSSR count). The molecule has 2 heterocycles. The summed E-state index contributed by atoms with van der Waals surface area (Å²) in [5.41, 5.74) is 1.14. The summed E-state index contributed by atoms with van der Waals surface area (Å²) >= 11 is 0. The zero-order chi connectivity index (χ0) is 20.3. The van der Waals surface area contributed by atoms with Crippen LogP contribution in [0.2, 0.25) is 0 Å². The highest BCUT2D eigenvalue weighted by molar-refractivity contribution is 5.93. The summed E-state index contributed by atoms with van der Waals surface area (Å²) in [5.74, 6) is 5.60. The molecule has 5 nitrogen and oxygen atoms in total. The van der Waals surface area contributed by atoms with E-state index >= 15 is 0 Å². The lowest BCUT2D eigenvalue weighted by Gasteiger charge is -2.43. The summed E-state index contributed by atoms with van der Waals surface area (Å²) in [6, 6.07) is 15.7. The molecule has 2 N–H and O–H groups in total. The van der Waals surface area contributed by atoms with Gasteiger partial charge in [-0.1, -0.05) is 42.2 Å². The average molecular weight is 393 g/mol. The standard InChI is InChI=1S/C23H24FN3O2/c24-19-10-8-18(9-11-19)21(28)7-4-14-26-15-12-23(13-16-26)22(29)25-17-27(23)20-5-2-1-3-6-20/h1-3,5-6,8-11,21,28H,12-17H2,(H,25,29). The van der Waals surface area contributed by atoms with Crippen LogP contribution < -0.4 is 10.2 Å². The molecular weight excluding hydrogens is 369 g/mol. The minimum Gasteiger partial charge on any atom is -0.376 e. The molecular formula is C23H24FN3O2. The molecule has 2 aromatic rings. The van der Waals surface area contributed by atoms with Crippen LogP contribution in [0.1, 0.15) is 24.5 Å². The van der Waals surface area contributed by atoms with Crippen LogP contribution in [0.4, 0.5) is 10.1 Å². The number of carbonyl (C=O) groups is 1. The van der Waals surface area contributed by atoms with E-state index in [1.807, 2.05) is 30.3 Å². The van der Waals surface area contributed by atoms with E-state index in [1.165, 1.54) is 24.3 Å². The molecule has 0 bridgehead atoms. The number of hydrogen-bond acceptors (Lipinski definition) is 4. The predicted octanol–water partition coefficient (Wildman–Crippen LogP) is 2.29. The van der Waals surface area contributed by atoms with E-state index in [4.69, 9.17) is 0 Å². The van der Waals surface area contributed by atoms with Crippen LogP contribution in [0, 0.1) is 17.7 Å². The number of benzene rings is 2. The number of aliphatic hydroxyl groups is 1. The second-order valence-corrected chi connectivity index (χ2v) is 7.51. The molecule has 2 aliphatic rings. The zero-order valence-electron chi connectivity index (χ0n) is 16.1. The van der Waals surface area contributed by atoms with Crippen molar-refractivity contribution in [2.75, 3.05) is 31.2 Å². The fourth-order valence-corrected chi connectivity index (χ4v) is 4.10. The molecule has 2 aliphatic heterocycles. The van der Waals surface area contributed by atoms with Crippen molar-refractivity contribution in [1.82, 2.24) is 10.2 Å². The minimum absolute atomic E-state index is 0.0961. The average Bonchev–Trinajstić information content (AvgIpc) is 3.06. The van der Waals surface area contributed by atoms with Gasteiger partial charge < -0.3 is 15.3 Å². The van der Waals surface area contributed by atoms with Gasteiger partial charge in [-0.2, -0.15) is 0 Å². The molecule has 1 unspecified atom stereocenters. The Balaban J connectivity index is 1.37. The van der Waals surface area contributed by atoms with Crippen molar-refractivity contribution >= 4 is 11.6 Å². The third kappa shape index (κ3) is 3.98. The molecule has 0 aromatic heterocycles. The summed E-state index contributed by atoms with van der Waals surface area (Å²) in [5, 5.41) is 13.1. The first-order valence-corrected chi connectivity index (χ1v) is 9.84. The van der Waals surface area contributed by atoms with Gasteiger partial charge in [0, 0.05) is 18.8 Å². The smallest absolute Gasteiger partial charge is 0.247 e. The van der Waals surface area contributed by atoms with E-state index in [-0.39, 0.29) is 11.7 Å². The third-order valence-electron chi connectivity index (χ3n) is 5.82. The molecule has 0 radical (unpaired) electrons. The highest BCUT2D eigenvalue weighted by Gasteiger charge is 2.50. The largest absolute Gasteiger partial charge is 0.376 e. The Morgan fingerprint density at radius 2 is 1.79 bits per heavy atom. The summed E-state index contributed by atoms with van der Waals surface area (Å²) in [7, 11) is 0. The number of rotatable bonds is 3. The first-order chi connectivity index (χ1) is 14.1. The lowest BCUT2D eigenvalue weighted by atomic mass is 9.85. The monoisotopic (exact) mass is 393 g/mol. The van der Waals surface area contributed by atoms with E-state index in [0.717, 1.165) is 31.6 Å². The van der Waals surface area contributed by atoms with Crippen LogP contribution in [0.3, 0.4) is 0 Å². The van der Waals surface area contributed by atoms with Gasteiger partial charge in [0.1, 0.15) is 17.5 Å². The lowest BCUT2D eigenvalue weighted by Crippen LogP contribution is -2.56. The van der Waals surface area contributed by atoms with E-state index in [9.17, 15) is 14.3 Å². The van der Waals surface area contributed by atoms with Crippen LogP contribution >= 0.6 is 0 Å². The highest BCUT2D eigenvalue weighted by atomic mass is 19.1. The SMILES string of the molecule is O=C1NCN(c2ccccc2)C12CCN(CC#CC(O)c1ccc(F)cc1)CC2. The highest BCUT2D eigenvalue weighted by Crippen LogP contribution is 2.35. The Morgan fingerprint density at radius 3 is 2.48 bits per heavy atom. The number of amides is 1. The van der Waals surface area contributed by atoms with Crippen molar-refractivity contribution in [1.29, 1.82) is 0 Å². The van der Waals surface area contributed by atoms with Gasteiger partial charge in [-0.15, -0.1) is 0 Å². The van der Waals surface area contributed by atoms with Gasteiger partial charge in [0.25, 0.3) is 0 Å². The van der Waals surface area contributed by atoms with Crippen molar-refractivity contribution in [3.05, 3.63) is 66.0 Å². The normalized spacial score (nSPS) is 19.5. The van der Waals surface area contributed by atoms with Crippen molar-refractivity contribution < 1.29 is 14.3 Å². The van der Waals surface area contributed by atoms with Crippen molar-refractivity contribution in [2.45, 2.75) is 24.5 Å². The molecule has 1 atom stereocenters. The van der Waals surface area contributed by atoms with Crippen LogP contribution in [0.5, 0.6) is 0 Å². The molecule has 29 heavy (non-hydrogen) atoms. The molecule has 2 saturated heterocycles. The van der Waals surface area contributed by atoms with Gasteiger partial charge in [0.15, 0.2) is 0 Å². The molecule has 0 saturated carbocycles. The molecule has 0 aliphatic carbocycles. The summed E-state index contributed by atoms with van der Waals surface area (Å²) in [4.78, 5) is 17.0. The summed E-state index contributed by atoms with van der Waals surface area (Å²) < 4.78 is 13.0. The summed E-state index contributed by atoms with van der Waals surface area (Å²) in [6.45, 7) is 2.59. The van der Waals surface area contributed by atoms with Crippen molar-refractivity contribution in [3.8, 4) is 11.8 Å². The van der Waals surface area contributed by atoms with Gasteiger partial charge in [-0.25, -0.2) is 4.39 Å². The van der Waals surface area contributed by atoms with E-state index in [1.54, 1.807) is 0 Å². The van der Waals surface area contributed by atoms with Crippen LogP contribution in [0.15, 0.2) is 54.6 Å². The first kappa shape index (κ1) is 19.4. The number of nitrogens with one attached hydrogen (secondary N) is 1. The Kier molecular flexibility index (Phi) is 5.52. The molecule has 150 valence electrons. The molecule has 6 heteroatoms. The number of carbonyl (C=O) groups excluding carboxylic acids is 1. The van der Waals surface area contributed by atoms with Crippen LogP contribution in [0.25, 0.3) is 0 Å². The van der Waals surface area contributed by atoms with Crippen LogP contribution in [-0.4, -0.2) is 47.8 Å². The van der Waals surface area contributed by atoms with Crippen LogP contribution in [-0.2, 0) is 4.79 Å². The maximum Gasteiger partial charge on any atom is 0.247 e. The Morgan fingerprint density at radius 1 is 1.10 bits per heavy atom. The topological polar surface area (TPSA) is 55.8 Å². The molecule has 1 amide bonds. The quantitative estimate of drug-likeness (QED) is 0.786. The number of nitrogens with zero attached hydrogens (tertiary/aromatic N) is 2. The Hall–Kier alpha value is -2.88. The third-order valence-corrected chi connectivity index (χ3v) is 5.82. The second kappa shape index (κ2) is 8.24. The van der Waals surface area contributed by atoms with Crippen molar-refractivity contribution in [3.63, 3.8) is 0 Å². The lowest BCUT2D eigenvalue weighted by molar-refractivity contribution is -0.125. The number of aliphatic hydroxyl groups excluding tert-OH is 1. The number of para-hydroxylation sites is 1. The number of likely N-dealkylation sites (tertiary alicyclic amines) is 1. The maximum atomic E-state index is 13.0. The number of anilines is 1. The predicted molar refractivity (Wildman–Crippen MR) is 109 cm³/mol. The van der Waals surface area contributed by atoms with Gasteiger partial charge in [0.2, 0.25) is 5.91 Å². The number of hydrogen-bond donors (Lipinski definition) is 2. The van der Waals surface area contributed by atoms with Gasteiger partial charge >= 0.3 is 0 Å². The van der Waals surface area contributed by atoms with Gasteiger partial charge in [-0.3, -0.25) is 9.69 Å². The van der Waals surface area contributed by atoms with Gasteiger partial charge in [-0.05, 0) is 42.7 Å². The fourth-order valence-electron chi connectivity index (χ4n) is 4.10. The Bertz CT molecular complexity index is 913. The minimum atomic E-state index is -0.930. The number of piperidine rings is 1. The van der Waals surface area contributed by atoms with E-state index in [2.05, 4.69) is 27.0 Å². The summed E-state index contributed by atoms with van der Waals surface area (Å²) in [6.07, 6.45) is 0.534. The number of halogens is 1. The van der Waals surface area contributed by atoms with Crippen molar-refractivity contribution in [2.24, 2.45) is 0 Å². The van der Waals surface area contributed by atoms with E-state index < -0.39 is 11.6 Å². The molecule has 2 aromatic carbocycles. The Labute approximate surface area is 170 Å². The molecule has 1 spiro atoms. The maximum absolute atomic E-state index is 13.0. The van der Waals surface area contributed by atoms with Gasteiger partial charge in [0.05, 0.1) is 13.2 Å². The molecule has 2 fully saturated rings. The second-order valence-electron chi connectivity index (χ2n) is 7.51. The van der Waals surface area contributed by atoms with E-state index in [0.29, 0.717) is 18.8 Å². The fraction of sp³-hybridized carbons (Fsp3) is 0.348.